The lowest BCUT2D eigenvalue weighted by atomic mass is 10.1. The second-order valence-corrected chi connectivity index (χ2v) is 2.73. The average Bonchev–Trinajstić information content (AvgIpc) is 2.22. The van der Waals surface area contributed by atoms with Crippen LogP contribution in [0.3, 0.4) is 0 Å². The molecule has 0 radical (unpaired) electrons. The largest absolute Gasteiger partial charge is 0.352 e. The van der Waals surface area contributed by atoms with Gasteiger partial charge in [0.25, 0.3) is 0 Å². The summed E-state index contributed by atoms with van der Waals surface area (Å²) < 4.78 is 0. The standard InChI is InChI=1S/C6H10N2O.ClH/c9-6-3-5-4(8-6)1-2-7-5;/h4-5,7H,1-3H2,(H,8,9);1H/t4-,5-;/m0./s1. The summed E-state index contributed by atoms with van der Waals surface area (Å²) >= 11 is 0. The van der Waals surface area contributed by atoms with Crippen LogP contribution in [-0.2, 0) is 4.79 Å². The van der Waals surface area contributed by atoms with Crippen LogP contribution in [0.5, 0.6) is 0 Å². The minimum Gasteiger partial charge on any atom is -0.352 e. The molecule has 2 aliphatic rings. The van der Waals surface area contributed by atoms with Gasteiger partial charge >= 0.3 is 0 Å². The topological polar surface area (TPSA) is 41.1 Å². The van der Waals surface area contributed by atoms with Crippen molar-refractivity contribution >= 4 is 18.3 Å². The second kappa shape index (κ2) is 2.76. The van der Waals surface area contributed by atoms with E-state index in [0.29, 0.717) is 18.5 Å². The molecule has 1 amide bonds. The van der Waals surface area contributed by atoms with Gasteiger partial charge in [-0.25, -0.2) is 0 Å². The van der Waals surface area contributed by atoms with E-state index in [-0.39, 0.29) is 18.3 Å². The number of rotatable bonds is 0. The Bertz CT molecular complexity index is 137. The Kier molecular flexibility index (Phi) is 2.16. The molecular weight excluding hydrogens is 152 g/mol. The maximum absolute atomic E-state index is 10.7. The Balaban J connectivity index is 0.000000500. The maximum Gasteiger partial charge on any atom is 0.221 e. The van der Waals surface area contributed by atoms with Gasteiger partial charge in [-0.05, 0) is 13.0 Å². The van der Waals surface area contributed by atoms with E-state index in [1.54, 1.807) is 0 Å². The molecule has 3 nitrogen and oxygen atoms in total. The van der Waals surface area contributed by atoms with E-state index < -0.39 is 0 Å². The van der Waals surface area contributed by atoms with Gasteiger partial charge in [-0.3, -0.25) is 4.79 Å². The number of nitrogens with one attached hydrogen (secondary N) is 2. The van der Waals surface area contributed by atoms with Crippen molar-refractivity contribution in [2.24, 2.45) is 0 Å². The SMILES string of the molecule is Cl.O=C1C[C@@H]2NCC[C@@H]2N1. The van der Waals surface area contributed by atoms with Crippen molar-refractivity contribution in [3.05, 3.63) is 0 Å². The first kappa shape index (κ1) is 7.82. The van der Waals surface area contributed by atoms with E-state index in [2.05, 4.69) is 10.6 Å². The molecule has 2 saturated heterocycles. The first-order chi connectivity index (χ1) is 4.36. The number of fused-ring (bicyclic) bond motifs is 1. The van der Waals surface area contributed by atoms with Crippen LogP contribution >= 0.6 is 12.4 Å². The highest BCUT2D eigenvalue weighted by Crippen LogP contribution is 2.15. The number of hydrogen-bond donors (Lipinski definition) is 2. The number of amides is 1. The van der Waals surface area contributed by atoms with Gasteiger partial charge in [-0.15, -0.1) is 12.4 Å². The molecule has 2 heterocycles. The zero-order valence-corrected chi connectivity index (χ0v) is 6.41. The molecule has 2 atom stereocenters. The molecule has 0 saturated carbocycles. The third-order valence-electron chi connectivity index (χ3n) is 2.10. The van der Waals surface area contributed by atoms with E-state index in [0.717, 1.165) is 13.0 Å². The van der Waals surface area contributed by atoms with Crippen molar-refractivity contribution in [1.29, 1.82) is 0 Å². The van der Waals surface area contributed by atoms with Crippen LogP contribution < -0.4 is 10.6 Å². The maximum atomic E-state index is 10.7. The lowest BCUT2D eigenvalue weighted by molar-refractivity contribution is -0.119. The highest BCUT2D eigenvalue weighted by atomic mass is 35.5. The summed E-state index contributed by atoms with van der Waals surface area (Å²) in [5.74, 6) is 0.206. The molecule has 2 aliphatic heterocycles. The molecule has 0 bridgehead atoms. The fraction of sp³-hybridized carbons (Fsp3) is 0.833. The van der Waals surface area contributed by atoms with Crippen molar-refractivity contribution in [2.75, 3.05) is 6.54 Å². The molecule has 0 aliphatic carbocycles. The van der Waals surface area contributed by atoms with Gasteiger partial charge in [-0.1, -0.05) is 0 Å². The van der Waals surface area contributed by atoms with E-state index in [4.69, 9.17) is 0 Å². The molecular formula is C6H11ClN2O. The minimum absolute atomic E-state index is 0. The number of carbonyl (C=O) groups is 1. The van der Waals surface area contributed by atoms with Crippen LogP contribution in [0, 0.1) is 0 Å². The zero-order valence-electron chi connectivity index (χ0n) is 5.59. The Labute approximate surface area is 66.0 Å². The van der Waals surface area contributed by atoms with Gasteiger partial charge < -0.3 is 10.6 Å². The summed E-state index contributed by atoms with van der Waals surface area (Å²) in [5.41, 5.74) is 0. The average molecular weight is 163 g/mol. The third-order valence-corrected chi connectivity index (χ3v) is 2.10. The predicted molar refractivity (Wildman–Crippen MR) is 40.2 cm³/mol. The second-order valence-electron chi connectivity index (χ2n) is 2.73. The summed E-state index contributed by atoms with van der Waals surface area (Å²) in [6.45, 7) is 1.07. The molecule has 2 N–H and O–H groups in total. The fourth-order valence-electron chi connectivity index (χ4n) is 1.62. The smallest absolute Gasteiger partial charge is 0.221 e. The molecule has 2 fully saturated rings. The van der Waals surface area contributed by atoms with Gasteiger partial charge in [0.05, 0.1) is 0 Å². The summed E-state index contributed by atoms with van der Waals surface area (Å²) in [7, 11) is 0. The molecule has 0 aromatic carbocycles. The van der Waals surface area contributed by atoms with Gasteiger partial charge in [0.2, 0.25) is 5.91 Å². The van der Waals surface area contributed by atoms with Gasteiger partial charge in [0.15, 0.2) is 0 Å². The Hall–Kier alpha value is -0.280. The monoisotopic (exact) mass is 162 g/mol. The first-order valence-corrected chi connectivity index (χ1v) is 3.39. The van der Waals surface area contributed by atoms with Crippen molar-refractivity contribution in [2.45, 2.75) is 24.9 Å². The minimum atomic E-state index is 0. The highest BCUT2D eigenvalue weighted by molar-refractivity contribution is 5.85. The van der Waals surface area contributed by atoms with E-state index in [9.17, 15) is 4.79 Å². The normalized spacial score (nSPS) is 36.6. The van der Waals surface area contributed by atoms with Crippen LogP contribution in [0.15, 0.2) is 0 Å². The van der Waals surface area contributed by atoms with Crippen LogP contribution in [0.1, 0.15) is 12.8 Å². The quantitative estimate of drug-likeness (QED) is 0.512. The van der Waals surface area contributed by atoms with E-state index in [1.807, 2.05) is 0 Å². The Morgan fingerprint density at radius 2 is 2.20 bits per heavy atom. The predicted octanol–water partition coefficient (Wildman–Crippen LogP) is -0.341. The Morgan fingerprint density at radius 1 is 1.40 bits per heavy atom. The van der Waals surface area contributed by atoms with Crippen molar-refractivity contribution in [1.82, 2.24) is 10.6 Å². The molecule has 10 heavy (non-hydrogen) atoms. The zero-order chi connectivity index (χ0) is 6.27. The van der Waals surface area contributed by atoms with Gasteiger partial charge in [0.1, 0.15) is 0 Å². The van der Waals surface area contributed by atoms with Crippen molar-refractivity contribution < 1.29 is 4.79 Å². The summed E-state index contributed by atoms with van der Waals surface area (Å²) in [5, 5.41) is 6.18. The molecule has 2 rings (SSSR count). The van der Waals surface area contributed by atoms with Crippen LogP contribution in [0.2, 0.25) is 0 Å². The summed E-state index contributed by atoms with van der Waals surface area (Å²) in [4.78, 5) is 10.7. The molecule has 0 unspecified atom stereocenters. The van der Waals surface area contributed by atoms with Crippen molar-refractivity contribution in [3.63, 3.8) is 0 Å². The summed E-state index contributed by atoms with van der Waals surface area (Å²) in [6.07, 6.45) is 1.79. The van der Waals surface area contributed by atoms with E-state index >= 15 is 0 Å². The third kappa shape index (κ3) is 1.11. The molecule has 58 valence electrons. The Morgan fingerprint density at radius 3 is 2.90 bits per heavy atom. The van der Waals surface area contributed by atoms with Crippen LogP contribution in [0.4, 0.5) is 0 Å². The van der Waals surface area contributed by atoms with Gasteiger partial charge in [-0.2, -0.15) is 0 Å². The van der Waals surface area contributed by atoms with Gasteiger partial charge in [0, 0.05) is 18.5 Å². The van der Waals surface area contributed by atoms with Crippen LogP contribution in [-0.4, -0.2) is 24.5 Å². The number of hydrogen-bond acceptors (Lipinski definition) is 2. The molecule has 0 spiro atoms. The van der Waals surface area contributed by atoms with Crippen molar-refractivity contribution in [3.8, 4) is 0 Å². The number of carbonyl (C=O) groups excluding carboxylic acids is 1. The lowest BCUT2D eigenvalue weighted by Gasteiger charge is -2.04. The first-order valence-electron chi connectivity index (χ1n) is 3.39. The number of halogens is 1. The summed E-state index contributed by atoms with van der Waals surface area (Å²) in [6, 6.07) is 0.884. The van der Waals surface area contributed by atoms with E-state index in [1.165, 1.54) is 0 Å². The fourth-order valence-corrected chi connectivity index (χ4v) is 1.62. The molecule has 4 heteroatoms. The highest BCUT2D eigenvalue weighted by Gasteiger charge is 2.35. The molecule has 0 aromatic rings. The lowest BCUT2D eigenvalue weighted by Crippen LogP contribution is -2.30. The molecule has 0 aromatic heterocycles. The van der Waals surface area contributed by atoms with Crippen LogP contribution in [0.25, 0.3) is 0 Å².